The Balaban J connectivity index is 1.40. The van der Waals surface area contributed by atoms with Gasteiger partial charge in [0.05, 0.1) is 11.2 Å². The van der Waals surface area contributed by atoms with Gasteiger partial charge in [-0.2, -0.15) is 0 Å². The number of nitrogens with zero attached hydrogens (tertiary/aromatic N) is 1. The molecule has 0 saturated heterocycles. The van der Waals surface area contributed by atoms with Gasteiger partial charge >= 0.3 is 0 Å². The van der Waals surface area contributed by atoms with Crippen molar-refractivity contribution in [3.05, 3.63) is 107 Å². The lowest BCUT2D eigenvalue weighted by molar-refractivity contribution is -0.116. The summed E-state index contributed by atoms with van der Waals surface area (Å²) in [5.74, 6) is 0.952. The van der Waals surface area contributed by atoms with Gasteiger partial charge in [0.1, 0.15) is 18.1 Å². The summed E-state index contributed by atoms with van der Waals surface area (Å²) >= 11 is 0. The van der Waals surface area contributed by atoms with E-state index in [0.717, 1.165) is 39.0 Å². The van der Waals surface area contributed by atoms with Crippen molar-refractivity contribution >= 4 is 28.8 Å². The van der Waals surface area contributed by atoms with Crippen LogP contribution in [0.2, 0.25) is 0 Å². The number of hydrogen-bond donors (Lipinski definition) is 0. The van der Waals surface area contributed by atoms with Crippen LogP contribution >= 0.6 is 0 Å². The molecule has 0 aliphatic heterocycles. The lowest BCUT2D eigenvalue weighted by Crippen LogP contribution is -2.04. The van der Waals surface area contributed by atoms with Gasteiger partial charge in [-0.25, -0.2) is 4.98 Å². The van der Waals surface area contributed by atoms with Crippen molar-refractivity contribution < 1.29 is 9.53 Å². The van der Waals surface area contributed by atoms with Crippen LogP contribution < -0.4 is 4.74 Å². The molecule has 4 rings (SSSR count). The van der Waals surface area contributed by atoms with Gasteiger partial charge in [-0.1, -0.05) is 66.7 Å². The molecule has 148 valence electrons. The molecule has 1 heterocycles. The van der Waals surface area contributed by atoms with E-state index in [1.807, 2.05) is 84.9 Å². The number of benzene rings is 3. The van der Waals surface area contributed by atoms with Crippen LogP contribution in [0.25, 0.3) is 23.1 Å². The van der Waals surface area contributed by atoms with Gasteiger partial charge in [0.25, 0.3) is 0 Å². The topological polar surface area (TPSA) is 39.2 Å². The lowest BCUT2D eigenvalue weighted by Gasteiger charge is -2.10. The van der Waals surface area contributed by atoms with Crippen molar-refractivity contribution in [1.29, 1.82) is 0 Å². The molecule has 0 aliphatic rings. The monoisotopic (exact) mass is 393 g/mol. The Morgan fingerprint density at radius 1 is 0.833 bits per heavy atom. The number of hydrogen-bond acceptors (Lipinski definition) is 3. The first-order chi connectivity index (χ1) is 14.7. The summed E-state index contributed by atoms with van der Waals surface area (Å²) in [5.41, 5.74) is 5.06. The zero-order valence-electron chi connectivity index (χ0n) is 16.9. The van der Waals surface area contributed by atoms with E-state index in [4.69, 9.17) is 4.74 Å². The molecule has 4 aromatic rings. The summed E-state index contributed by atoms with van der Waals surface area (Å²) in [6, 6.07) is 28.1. The number of aromatic nitrogens is 1. The number of pyridine rings is 1. The van der Waals surface area contributed by atoms with Crippen LogP contribution in [-0.2, 0) is 17.8 Å². The first-order valence-corrected chi connectivity index (χ1v) is 10.0. The molecule has 0 amide bonds. The van der Waals surface area contributed by atoms with Crippen molar-refractivity contribution in [3.63, 3.8) is 0 Å². The molecule has 3 aromatic carbocycles. The molecule has 0 aliphatic carbocycles. The van der Waals surface area contributed by atoms with E-state index >= 15 is 0 Å². The third-order valence-electron chi connectivity index (χ3n) is 4.90. The van der Waals surface area contributed by atoms with Crippen LogP contribution in [0.4, 0.5) is 0 Å². The summed E-state index contributed by atoms with van der Waals surface area (Å²) in [4.78, 5) is 16.1. The van der Waals surface area contributed by atoms with E-state index in [1.165, 1.54) is 0 Å². The quantitative estimate of drug-likeness (QED) is 0.380. The third kappa shape index (κ3) is 5.00. The Kier molecular flexibility index (Phi) is 6.00. The van der Waals surface area contributed by atoms with E-state index in [0.29, 0.717) is 13.0 Å². The van der Waals surface area contributed by atoms with Crippen LogP contribution in [0.15, 0.2) is 84.9 Å². The summed E-state index contributed by atoms with van der Waals surface area (Å²) < 4.78 is 5.93. The molecular weight excluding hydrogens is 370 g/mol. The maximum Gasteiger partial charge on any atom is 0.134 e. The van der Waals surface area contributed by atoms with Crippen molar-refractivity contribution in [2.24, 2.45) is 0 Å². The molecule has 30 heavy (non-hydrogen) atoms. The highest BCUT2D eigenvalue weighted by Crippen LogP contribution is 2.18. The number of rotatable bonds is 7. The van der Waals surface area contributed by atoms with Gasteiger partial charge in [0.15, 0.2) is 0 Å². The maximum atomic E-state index is 11.5. The van der Waals surface area contributed by atoms with Crippen LogP contribution in [-0.4, -0.2) is 10.8 Å². The standard InChI is InChI=1S/C27H23NO2/c1-20(29)18-23-7-2-3-8-24(23)19-30-26-16-11-21(12-17-26)10-14-25-15-13-22-6-4-5-9-27(22)28-25/h2-17H,18-19H2,1H3/b14-10+. The predicted octanol–water partition coefficient (Wildman–Crippen LogP) is 6.12. The number of para-hydroxylation sites is 1. The van der Waals surface area contributed by atoms with E-state index in [-0.39, 0.29) is 5.78 Å². The minimum absolute atomic E-state index is 0.152. The molecule has 0 saturated carbocycles. The Hall–Kier alpha value is -3.72. The normalized spacial score (nSPS) is 11.1. The minimum Gasteiger partial charge on any atom is -0.489 e. The highest BCUT2D eigenvalue weighted by atomic mass is 16.5. The van der Waals surface area contributed by atoms with Crippen LogP contribution in [0, 0.1) is 0 Å². The fourth-order valence-electron chi connectivity index (χ4n) is 3.33. The number of ketones is 1. The second kappa shape index (κ2) is 9.19. The average Bonchev–Trinajstić information content (AvgIpc) is 2.77. The third-order valence-corrected chi connectivity index (χ3v) is 4.90. The molecule has 0 unspecified atom stereocenters. The zero-order valence-corrected chi connectivity index (χ0v) is 16.9. The van der Waals surface area contributed by atoms with Gasteiger partial charge in [0, 0.05) is 11.8 Å². The summed E-state index contributed by atoms with van der Waals surface area (Å²) in [6.45, 7) is 2.05. The SMILES string of the molecule is CC(=O)Cc1ccccc1COc1ccc(/C=C/c2ccc3ccccc3n2)cc1. The predicted molar refractivity (Wildman–Crippen MR) is 122 cm³/mol. The molecule has 0 atom stereocenters. The Bertz CT molecular complexity index is 1190. The number of fused-ring (bicyclic) bond motifs is 1. The van der Waals surface area contributed by atoms with Crippen molar-refractivity contribution in [1.82, 2.24) is 4.98 Å². The number of carbonyl (C=O) groups excluding carboxylic acids is 1. The largest absolute Gasteiger partial charge is 0.489 e. The molecule has 3 nitrogen and oxygen atoms in total. The highest BCUT2D eigenvalue weighted by Gasteiger charge is 2.05. The Labute approximate surface area is 176 Å². The molecule has 3 heteroatoms. The number of carbonyl (C=O) groups is 1. The summed E-state index contributed by atoms with van der Waals surface area (Å²) in [6.07, 6.45) is 4.50. The van der Waals surface area contributed by atoms with Gasteiger partial charge < -0.3 is 4.74 Å². The fourth-order valence-corrected chi connectivity index (χ4v) is 3.33. The highest BCUT2D eigenvalue weighted by molar-refractivity contribution is 5.81. The Morgan fingerprint density at radius 3 is 2.37 bits per heavy atom. The van der Waals surface area contributed by atoms with Crippen LogP contribution in [0.3, 0.4) is 0 Å². The second-order valence-corrected chi connectivity index (χ2v) is 7.27. The van der Waals surface area contributed by atoms with Crippen molar-refractivity contribution in [2.75, 3.05) is 0 Å². The van der Waals surface area contributed by atoms with Crippen LogP contribution in [0.5, 0.6) is 5.75 Å². The number of Topliss-reactive ketones (excluding diaryl/α,β-unsaturated/α-hetero) is 1. The Morgan fingerprint density at radius 2 is 1.57 bits per heavy atom. The van der Waals surface area contributed by atoms with Crippen LogP contribution in [0.1, 0.15) is 29.3 Å². The molecule has 0 radical (unpaired) electrons. The first-order valence-electron chi connectivity index (χ1n) is 10.0. The molecule has 0 bridgehead atoms. The van der Waals surface area contributed by atoms with Crippen molar-refractivity contribution in [2.45, 2.75) is 20.0 Å². The smallest absolute Gasteiger partial charge is 0.134 e. The zero-order chi connectivity index (χ0) is 20.8. The van der Waals surface area contributed by atoms with E-state index < -0.39 is 0 Å². The fraction of sp³-hybridized carbons (Fsp3) is 0.111. The first kappa shape index (κ1) is 19.6. The maximum absolute atomic E-state index is 11.5. The molecule has 1 aromatic heterocycles. The van der Waals surface area contributed by atoms with E-state index in [1.54, 1.807) is 6.92 Å². The van der Waals surface area contributed by atoms with Gasteiger partial charge in [-0.3, -0.25) is 4.79 Å². The van der Waals surface area contributed by atoms with Gasteiger partial charge in [0.2, 0.25) is 0 Å². The van der Waals surface area contributed by atoms with Gasteiger partial charge in [-0.05, 0) is 54.0 Å². The summed E-state index contributed by atoms with van der Waals surface area (Å²) in [5, 5.41) is 1.14. The minimum atomic E-state index is 0.152. The van der Waals surface area contributed by atoms with E-state index in [9.17, 15) is 4.79 Å². The summed E-state index contributed by atoms with van der Waals surface area (Å²) in [7, 11) is 0. The molecule has 0 spiro atoms. The van der Waals surface area contributed by atoms with E-state index in [2.05, 4.69) is 17.1 Å². The molecular formula is C27H23NO2. The number of ether oxygens (including phenoxy) is 1. The second-order valence-electron chi connectivity index (χ2n) is 7.27. The van der Waals surface area contributed by atoms with Crippen molar-refractivity contribution in [3.8, 4) is 5.75 Å². The van der Waals surface area contributed by atoms with Gasteiger partial charge in [-0.15, -0.1) is 0 Å². The lowest BCUT2D eigenvalue weighted by atomic mass is 10.0. The average molecular weight is 393 g/mol. The molecule has 0 N–H and O–H groups in total. The molecule has 0 fully saturated rings.